The summed E-state index contributed by atoms with van der Waals surface area (Å²) in [4.78, 5) is 4.24. The fourth-order valence-electron chi connectivity index (χ4n) is 1.79. The molecule has 1 atom stereocenters. The van der Waals surface area contributed by atoms with E-state index in [0.717, 1.165) is 17.8 Å². The molecule has 4 heteroatoms. The minimum atomic E-state index is 0.690. The normalized spacial score (nSPS) is 27.5. The average molecular weight is 227 g/mol. The zero-order valence-electron chi connectivity index (χ0n) is 9.46. The highest BCUT2D eigenvalue weighted by molar-refractivity contribution is 7.99. The summed E-state index contributed by atoms with van der Waals surface area (Å²) in [6, 6.07) is 0.690. The number of guanidine groups is 1. The molecule has 1 aliphatic carbocycles. The van der Waals surface area contributed by atoms with Gasteiger partial charge >= 0.3 is 0 Å². The molecule has 3 nitrogen and oxygen atoms in total. The number of nitrogens with zero attached hydrogens (tertiary/aromatic N) is 1. The Morgan fingerprint density at radius 1 is 1.33 bits per heavy atom. The SMILES string of the molecule is CN=C(NCC1CCCCS1)NC1CC1. The summed E-state index contributed by atoms with van der Waals surface area (Å²) in [6.45, 7) is 1.07. The molecule has 0 amide bonds. The van der Waals surface area contributed by atoms with E-state index in [-0.39, 0.29) is 0 Å². The number of aliphatic imine (C=N–C) groups is 1. The molecule has 1 saturated heterocycles. The number of hydrogen-bond acceptors (Lipinski definition) is 2. The van der Waals surface area contributed by atoms with Gasteiger partial charge in [0.2, 0.25) is 0 Å². The van der Waals surface area contributed by atoms with E-state index >= 15 is 0 Å². The maximum atomic E-state index is 4.24. The fraction of sp³-hybridized carbons (Fsp3) is 0.909. The van der Waals surface area contributed by atoms with Crippen LogP contribution in [0.15, 0.2) is 4.99 Å². The molecule has 2 N–H and O–H groups in total. The van der Waals surface area contributed by atoms with Gasteiger partial charge in [0.15, 0.2) is 5.96 Å². The van der Waals surface area contributed by atoms with Crippen LogP contribution in [-0.4, -0.2) is 36.6 Å². The maximum absolute atomic E-state index is 4.24. The smallest absolute Gasteiger partial charge is 0.191 e. The van der Waals surface area contributed by atoms with Crippen molar-refractivity contribution < 1.29 is 0 Å². The largest absolute Gasteiger partial charge is 0.355 e. The first-order valence-corrected chi connectivity index (χ1v) is 7.02. The predicted molar refractivity (Wildman–Crippen MR) is 67.6 cm³/mol. The lowest BCUT2D eigenvalue weighted by molar-refractivity contribution is 0.643. The van der Waals surface area contributed by atoms with Gasteiger partial charge in [-0.2, -0.15) is 11.8 Å². The first-order chi connectivity index (χ1) is 7.38. The highest BCUT2D eigenvalue weighted by Crippen LogP contribution is 2.24. The molecule has 1 unspecified atom stereocenters. The van der Waals surface area contributed by atoms with Gasteiger partial charge in [0, 0.05) is 24.9 Å². The minimum absolute atomic E-state index is 0.690. The molecule has 0 aromatic rings. The quantitative estimate of drug-likeness (QED) is 0.568. The third kappa shape index (κ3) is 3.93. The first kappa shape index (κ1) is 11.1. The Morgan fingerprint density at radius 2 is 2.20 bits per heavy atom. The Labute approximate surface area is 96.5 Å². The van der Waals surface area contributed by atoms with Gasteiger partial charge in [0.25, 0.3) is 0 Å². The van der Waals surface area contributed by atoms with Crippen molar-refractivity contribution in [3.8, 4) is 0 Å². The van der Waals surface area contributed by atoms with Crippen LogP contribution in [0.4, 0.5) is 0 Å². The molecular weight excluding hydrogens is 206 g/mol. The van der Waals surface area contributed by atoms with Crippen molar-refractivity contribution in [2.24, 2.45) is 4.99 Å². The third-order valence-corrected chi connectivity index (χ3v) is 4.31. The molecule has 0 aromatic carbocycles. The molecule has 86 valence electrons. The van der Waals surface area contributed by atoms with Crippen molar-refractivity contribution >= 4 is 17.7 Å². The van der Waals surface area contributed by atoms with Crippen molar-refractivity contribution in [3.05, 3.63) is 0 Å². The van der Waals surface area contributed by atoms with Crippen LogP contribution in [0.25, 0.3) is 0 Å². The van der Waals surface area contributed by atoms with Gasteiger partial charge in [-0.15, -0.1) is 0 Å². The highest BCUT2D eigenvalue weighted by Gasteiger charge is 2.22. The van der Waals surface area contributed by atoms with E-state index in [4.69, 9.17) is 0 Å². The molecule has 0 aromatic heterocycles. The minimum Gasteiger partial charge on any atom is -0.355 e. The van der Waals surface area contributed by atoms with Gasteiger partial charge in [-0.05, 0) is 31.4 Å². The lowest BCUT2D eigenvalue weighted by Crippen LogP contribution is -2.41. The first-order valence-electron chi connectivity index (χ1n) is 5.97. The van der Waals surface area contributed by atoms with E-state index in [0.29, 0.717) is 6.04 Å². The third-order valence-electron chi connectivity index (χ3n) is 2.91. The Morgan fingerprint density at radius 3 is 2.80 bits per heavy atom. The molecular formula is C11H21N3S. The second kappa shape index (κ2) is 5.64. The highest BCUT2D eigenvalue weighted by atomic mass is 32.2. The lowest BCUT2D eigenvalue weighted by atomic mass is 10.2. The monoisotopic (exact) mass is 227 g/mol. The summed E-state index contributed by atoms with van der Waals surface area (Å²) in [7, 11) is 1.85. The van der Waals surface area contributed by atoms with Gasteiger partial charge < -0.3 is 10.6 Å². The lowest BCUT2D eigenvalue weighted by Gasteiger charge is -2.22. The van der Waals surface area contributed by atoms with Crippen molar-refractivity contribution in [2.45, 2.75) is 43.4 Å². The van der Waals surface area contributed by atoms with Gasteiger partial charge in [-0.3, -0.25) is 4.99 Å². The Hall–Kier alpha value is -0.380. The van der Waals surface area contributed by atoms with Crippen molar-refractivity contribution in [3.63, 3.8) is 0 Å². The second-order valence-corrected chi connectivity index (χ2v) is 5.77. The number of thioether (sulfide) groups is 1. The van der Waals surface area contributed by atoms with Crippen LogP contribution in [0.1, 0.15) is 32.1 Å². The Bertz CT molecular complexity index is 220. The number of hydrogen-bond donors (Lipinski definition) is 2. The van der Waals surface area contributed by atoms with E-state index in [9.17, 15) is 0 Å². The van der Waals surface area contributed by atoms with Gasteiger partial charge in [0.05, 0.1) is 0 Å². The van der Waals surface area contributed by atoms with E-state index in [1.807, 2.05) is 7.05 Å². The predicted octanol–water partition coefficient (Wildman–Crippen LogP) is 1.60. The molecule has 0 spiro atoms. The molecule has 15 heavy (non-hydrogen) atoms. The summed E-state index contributed by atoms with van der Waals surface area (Å²) >= 11 is 2.10. The molecule has 0 radical (unpaired) electrons. The molecule has 1 heterocycles. The van der Waals surface area contributed by atoms with Gasteiger partial charge in [-0.25, -0.2) is 0 Å². The summed E-state index contributed by atoms with van der Waals surface area (Å²) in [5, 5.41) is 7.63. The number of nitrogens with one attached hydrogen (secondary N) is 2. The standard InChI is InChI=1S/C11H21N3S/c1-12-11(14-9-5-6-9)13-8-10-4-2-3-7-15-10/h9-10H,2-8H2,1H3,(H2,12,13,14). The fourth-order valence-corrected chi connectivity index (χ4v) is 3.03. The summed E-state index contributed by atoms with van der Waals surface area (Å²) in [5.41, 5.74) is 0. The van der Waals surface area contributed by atoms with Crippen LogP contribution in [-0.2, 0) is 0 Å². The van der Waals surface area contributed by atoms with E-state index in [1.165, 1.54) is 37.9 Å². The maximum Gasteiger partial charge on any atom is 0.191 e. The van der Waals surface area contributed by atoms with Crippen LogP contribution < -0.4 is 10.6 Å². The molecule has 1 saturated carbocycles. The van der Waals surface area contributed by atoms with Gasteiger partial charge in [0.1, 0.15) is 0 Å². The van der Waals surface area contributed by atoms with Crippen molar-refractivity contribution in [2.75, 3.05) is 19.3 Å². The number of rotatable bonds is 3. The Balaban J connectivity index is 1.65. The van der Waals surface area contributed by atoms with Crippen LogP contribution >= 0.6 is 11.8 Å². The van der Waals surface area contributed by atoms with E-state index in [1.54, 1.807) is 0 Å². The van der Waals surface area contributed by atoms with Crippen LogP contribution in [0.5, 0.6) is 0 Å². The molecule has 0 bridgehead atoms. The summed E-state index contributed by atoms with van der Waals surface area (Å²) in [6.07, 6.45) is 6.76. The Kier molecular flexibility index (Phi) is 4.18. The molecule has 2 aliphatic rings. The zero-order chi connectivity index (χ0) is 10.5. The van der Waals surface area contributed by atoms with Crippen molar-refractivity contribution in [1.29, 1.82) is 0 Å². The van der Waals surface area contributed by atoms with E-state index in [2.05, 4.69) is 27.4 Å². The second-order valence-electron chi connectivity index (χ2n) is 4.36. The molecule has 2 fully saturated rings. The van der Waals surface area contributed by atoms with Crippen molar-refractivity contribution in [1.82, 2.24) is 10.6 Å². The topological polar surface area (TPSA) is 36.4 Å². The zero-order valence-corrected chi connectivity index (χ0v) is 10.3. The molecule has 2 rings (SSSR count). The molecule has 1 aliphatic heterocycles. The van der Waals surface area contributed by atoms with Crippen LogP contribution in [0.3, 0.4) is 0 Å². The average Bonchev–Trinajstić information content (AvgIpc) is 3.09. The van der Waals surface area contributed by atoms with Gasteiger partial charge in [-0.1, -0.05) is 6.42 Å². The summed E-state index contributed by atoms with van der Waals surface area (Å²) in [5.74, 6) is 2.32. The van der Waals surface area contributed by atoms with Crippen LogP contribution in [0.2, 0.25) is 0 Å². The summed E-state index contributed by atoms with van der Waals surface area (Å²) < 4.78 is 0. The van der Waals surface area contributed by atoms with E-state index < -0.39 is 0 Å². The van der Waals surface area contributed by atoms with Crippen LogP contribution in [0, 0.1) is 0 Å².